The van der Waals surface area contributed by atoms with Gasteiger partial charge in [0.15, 0.2) is 0 Å². The minimum atomic E-state index is -0.0629. The molecule has 0 aromatic heterocycles. The van der Waals surface area contributed by atoms with Gasteiger partial charge in [0, 0.05) is 31.2 Å². The number of benzene rings is 2. The van der Waals surface area contributed by atoms with Crippen LogP contribution < -0.4 is 10.6 Å². The molecule has 3 amide bonds. The highest BCUT2D eigenvalue weighted by atomic mass is 16.2. The lowest BCUT2D eigenvalue weighted by molar-refractivity contribution is -0.122. The molecule has 0 radical (unpaired) electrons. The molecule has 2 N–H and O–H groups in total. The predicted octanol–water partition coefficient (Wildman–Crippen LogP) is 5.87. The Hall–Kier alpha value is -3.08. The average molecular weight is 444 g/mol. The van der Waals surface area contributed by atoms with Crippen molar-refractivity contribution in [1.82, 2.24) is 10.2 Å². The molecule has 5 rings (SSSR count). The number of anilines is 1. The molecule has 172 valence electrons. The molecule has 2 aromatic rings. The van der Waals surface area contributed by atoms with Crippen LogP contribution >= 0.6 is 0 Å². The average Bonchev–Trinajstić information content (AvgIpc) is 3.50. The first-order chi connectivity index (χ1) is 16.1. The molecule has 0 spiro atoms. The molecule has 0 bridgehead atoms. The monoisotopic (exact) mass is 443 g/mol. The van der Waals surface area contributed by atoms with Crippen LogP contribution in [0.15, 0.2) is 54.6 Å². The highest BCUT2D eigenvalue weighted by Gasteiger charge is 2.24. The summed E-state index contributed by atoms with van der Waals surface area (Å²) in [5.41, 5.74) is 5.77. The predicted molar refractivity (Wildman–Crippen MR) is 131 cm³/mol. The van der Waals surface area contributed by atoms with Gasteiger partial charge >= 0.3 is 6.03 Å². The van der Waals surface area contributed by atoms with Gasteiger partial charge in [0.05, 0.1) is 0 Å². The van der Waals surface area contributed by atoms with Gasteiger partial charge in [0.1, 0.15) is 0 Å². The van der Waals surface area contributed by atoms with Crippen molar-refractivity contribution in [3.05, 3.63) is 71.3 Å². The standard InChI is InChI=1S/C28H33N3O2/c32-27(17-20-5-1-2-6-20)29-25-13-9-21(10-14-25)22-11-15-26(16-12-22)30-28(33)31-18-23-7-3-4-8-24(23)19-31/h3-4,7-9,11-12,15-16,20,25H,1-2,5-6,10,13-14,17-19H2,(H,29,32)(H,30,33). The van der Waals surface area contributed by atoms with Gasteiger partial charge in [-0.15, -0.1) is 0 Å². The van der Waals surface area contributed by atoms with E-state index in [9.17, 15) is 9.59 Å². The number of amides is 3. The van der Waals surface area contributed by atoms with Gasteiger partial charge in [-0.05, 0) is 72.4 Å². The fourth-order valence-corrected chi connectivity index (χ4v) is 5.44. The Labute approximate surface area is 196 Å². The molecule has 5 nitrogen and oxygen atoms in total. The Balaban J connectivity index is 1.11. The maximum Gasteiger partial charge on any atom is 0.322 e. The number of urea groups is 1. The maximum atomic E-state index is 12.7. The van der Waals surface area contributed by atoms with Crippen molar-refractivity contribution in [3.8, 4) is 0 Å². The van der Waals surface area contributed by atoms with E-state index in [2.05, 4.69) is 41.0 Å². The summed E-state index contributed by atoms with van der Waals surface area (Å²) in [4.78, 5) is 26.8. The molecule has 33 heavy (non-hydrogen) atoms. The summed E-state index contributed by atoms with van der Waals surface area (Å²) < 4.78 is 0. The van der Waals surface area contributed by atoms with Crippen molar-refractivity contribution in [3.63, 3.8) is 0 Å². The van der Waals surface area contributed by atoms with Crippen LogP contribution in [0.25, 0.3) is 5.57 Å². The molecule has 2 aromatic carbocycles. The van der Waals surface area contributed by atoms with Crippen LogP contribution in [0.1, 0.15) is 68.1 Å². The number of nitrogens with zero attached hydrogens (tertiary/aromatic N) is 1. The summed E-state index contributed by atoms with van der Waals surface area (Å²) in [6.07, 6.45) is 10.8. The van der Waals surface area contributed by atoms with E-state index in [0.29, 0.717) is 25.4 Å². The summed E-state index contributed by atoms with van der Waals surface area (Å²) in [6, 6.07) is 16.5. The Kier molecular flexibility index (Phi) is 6.47. The number of rotatable bonds is 5. The number of fused-ring (bicyclic) bond motifs is 1. The lowest BCUT2D eigenvalue weighted by Gasteiger charge is -2.24. The van der Waals surface area contributed by atoms with E-state index < -0.39 is 0 Å². The van der Waals surface area contributed by atoms with Crippen molar-refractivity contribution in [1.29, 1.82) is 0 Å². The molecule has 5 heteroatoms. The first-order valence-corrected chi connectivity index (χ1v) is 12.4. The minimum absolute atomic E-state index is 0.0629. The van der Waals surface area contributed by atoms with Gasteiger partial charge in [-0.1, -0.05) is 55.3 Å². The SMILES string of the molecule is O=C(CC1CCCC1)NC1CC=C(c2ccc(NC(=O)N3Cc4ccccc4C3)cc2)CC1. The number of carbonyl (C=O) groups is 2. The van der Waals surface area contributed by atoms with E-state index in [0.717, 1.165) is 24.9 Å². The largest absolute Gasteiger partial charge is 0.353 e. The molecule has 1 fully saturated rings. The molecule has 1 aliphatic heterocycles. The normalized spacial score (nSPS) is 20.3. The zero-order valence-corrected chi connectivity index (χ0v) is 19.2. The van der Waals surface area contributed by atoms with Gasteiger partial charge < -0.3 is 15.5 Å². The Morgan fingerprint density at radius 3 is 2.24 bits per heavy atom. The van der Waals surface area contributed by atoms with E-state index >= 15 is 0 Å². The molecule has 1 unspecified atom stereocenters. The van der Waals surface area contributed by atoms with Crippen LogP contribution in [0.3, 0.4) is 0 Å². The quantitative estimate of drug-likeness (QED) is 0.607. The number of nitrogens with one attached hydrogen (secondary N) is 2. The second-order valence-corrected chi connectivity index (χ2v) is 9.76. The van der Waals surface area contributed by atoms with Crippen molar-refractivity contribution in [2.45, 2.75) is 70.5 Å². The molecule has 2 aliphatic carbocycles. The van der Waals surface area contributed by atoms with Crippen LogP contribution in [0.5, 0.6) is 0 Å². The van der Waals surface area contributed by atoms with Gasteiger partial charge in [0.25, 0.3) is 0 Å². The fourth-order valence-electron chi connectivity index (χ4n) is 5.44. The van der Waals surface area contributed by atoms with Crippen LogP contribution in [0, 0.1) is 5.92 Å². The summed E-state index contributed by atoms with van der Waals surface area (Å²) in [5.74, 6) is 0.824. The van der Waals surface area contributed by atoms with Gasteiger partial charge in [-0.3, -0.25) is 4.79 Å². The topological polar surface area (TPSA) is 61.4 Å². The zero-order chi connectivity index (χ0) is 22.6. The summed E-state index contributed by atoms with van der Waals surface area (Å²) >= 11 is 0. The first-order valence-electron chi connectivity index (χ1n) is 12.4. The van der Waals surface area contributed by atoms with Crippen LogP contribution in [0.2, 0.25) is 0 Å². The molecule has 0 saturated heterocycles. The first kappa shape index (κ1) is 21.7. The highest BCUT2D eigenvalue weighted by molar-refractivity contribution is 5.90. The number of hydrogen-bond donors (Lipinski definition) is 2. The third-order valence-corrected chi connectivity index (χ3v) is 7.36. The second kappa shape index (κ2) is 9.82. The van der Waals surface area contributed by atoms with Crippen molar-refractivity contribution >= 4 is 23.2 Å². The van der Waals surface area contributed by atoms with E-state index in [1.165, 1.54) is 47.9 Å². The molecule has 3 aliphatic rings. The Morgan fingerprint density at radius 2 is 1.61 bits per heavy atom. The number of carbonyl (C=O) groups excluding carboxylic acids is 2. The van der Waals surface area contributed by atoms with Crippen molar-refractivity contribution in [2.24, 2.45) is 5.92 Å². The van der Waals surface area contributed by atoms with Crippen molar-refractivity contribution < 1.29 is 9.59 Å². The Bertz CT molecular complexity index is 1010. The van der Waals surface area contributed by atoms with Gasteiger partial charge in [-0.25, -0.2) is 4.79 Å². The Morgan fingerprint density at radius 1 is 0.909 bits per heavy atom. The molecule has 1 atom stereocenters. The van der Waals surface area contributed by atoms with Gasteiger partial charge in [0.2, 0.25) is 5.91 Å². The van der Waals surface area contributed by atoms with E-state index in [-0.39, 0.29) is 18.0 Å². The van der Waals surface area contributed by atoms with E-state index in [1.54, 1.807) is 0 Å². The number of allylic oxidation sites excluding steroid dienone is 1. The third-order valence-electron chi connectivity index (χ3n) is 7.36. The molecule has 1 saturated carbocycles. The van der Waals surface area contributed by atoms with Crippen molar-refractivity contribution in [2.75, 3.05) is 5.32 Å². The second-order valence-electron chi connectivity index (χ2n) is 9.76. The third kappa shape index (κ3) is 5.29. The minimum Gasteiger partial charge on any atom is -0.353 e. The molecular formula is C28H33N3O2. The van der Waals surface area contributed by atoms with Crippen LogP contribution in [-0.2, 0) is 17.9 Å². The molecular weight excluding hydrogens is 410 g/mol. The number of hydrogen-bond acceptors (Lipinski definition) is 2. The zero-order valence-electron chi connectivity index (χ0n) is 19.2. The lowest BCUT2D eigenvalue weighted by atomic mass is 9.90. The summed E-state index contributed by atoms with van der Waals surface area (Å²) in [6.45, 7) is 1.32. The fraction of sp³-hybridized carbons (Fsp3) is 0.429. The summed E-state index contributed by atoms with van der Waals surface area (Å²) in [7, 11) is 0. The molecule has 1 heterocycles. The summed E-state index contributed by atoms with van der Waals surface area (Å²) in [5, 5.41) is 6.27. The lowest BCUT2D eigenvalue weighted by Crippen LogP contribution is -2.36. The highest BCUT2D eigenvalue weighted by Crippen LogP contribution is 2.30. The van der Waals surface area contributed by atoms with E-state index in [1.807, 2.05) is 29.2 Å². The van der Waals surface area contributed by atoms with Crippen LogP contribution in [0.4, 0.5) is 10.5 Å². The smallest absolute Gasteiger partial charge is 0.322 e. The van der Waals surface area contributed by atoms with Gasteiger partial charge in [-0.2, -0.15) is 0 Å². The van der Waals surface area contributed by atoms with E-state index in [4.69, 9.17) is 0 Å². The van der Waals surface area contributed by atoms with Crippen LogP contribution in [-0.4, -0.2) is 22.9 Å². The maximum absolute atomic E-state index is 12.7.